The van der Waals surface area contributed by atoms with Gasteiger partial charge >= 0.3 is 0 Å². The number of fused-ring (bicyclic) bond motifs is 1. The Balaban J connectivity index is 1.86. The van der Waals surface area contributed by atoms with E-state index in [9.17, 15) is 4.79 Å². The smallest absolute Gasteiger partial charge is 0.150 e. The first kappa shape index (κ1) is 17.0. The molecule has 1 aliphatic heterocycles. The summed E-state index contributed by atoms with van der Waals surface area (Å²) in [6.45, 7) is 2.02. The molecule has 25 heavy (non-hydrogen) atoms. The highest BCUT2D eigenvalue weighted by atomic mass is 16.1. The van der Waals surface area contributed by atoms with Crippen LogP contribution in [0.4, 0.5) is 11.4 Å². The maximum Gasteiger partial charge on any atom is 0.150 e. The summed E-state index contributed by atoms with van der Waals surface area (Å²) in [5, 5.41) is 19.2. The van der Waals surface area contributed by atoms with Gasteiger partial charge in [-0.25, -0.2) is 0 Å². The number of nitrogens with two attached hydrogens (primary N) is 1. The molecular weight excluding hydrogens is 314 g/mol. The number of anilines is 2. The third-order valence-corrected chi connectivity index (χ3v) is 4.48. The van der Waals surface area contributed by atoms with Gasteiger partial charge in [0.05, 0.1) is 5.70 Å². The number of piperidine rings is 1. The average Bonchev–Trinajstić information content (AvgIpc) is 2.67. The lowest BCUT2D eigenvalue weighted by Crippen LogP contribution is -2.38. The minimum absolute atomic E-state index is 0.419. The van der Waals surface area contributed by atoms with Crippen LogP contribution in [-0.2, 0) is 0 Å². The van der Waals surface area contributed by atoms with Gasteiger partial charge in [0.15, 0.2) is 6.29 Å². The van der Waals surface area contributed by atoms with Crippen LogP contribution in [0.3, 0.4) is 0 Å². The molecule has 1 aliphatic rings. The Morgan fingerprint density at radius 3 is 2.76 bits per heavy atom. The number of hydrogen-bond donors (Lipinski definition) is 5. The molecule has 0 amide bonds. The largest absolute Gasteiger partial charge is 0.398 e. The molecule has 3 rings (SSSR count). The van der Waals surface area contributed by atoms with Crippen LogP contribution >= 0.6 is 0 Å². The standard InChI is InChI=1S/C19H23N5O/c20-10-15(11-23-14-6-8-22-9-7-14)24-18-5-4-17(21)19-13(12-25)2-1-3-16(18)19/h1-5,10-12,14,20,22-24H,6-9,21H2/b15-11+,20-10?. The monoisotopic (exact) mass is 337 g/mol. The third kappa shape index (κ3) is 3.80. The van der Waals surface area contributed by atoms with Gasteiger partial charge < -0.3 is 27.1 Å². The molecular formula is C19H23N5O. The van der Waals surface area contributed by atoms with Crippen molar-refractivity contribution in [1.29, 1.82) is 5.41 Å². The first-order valence-corrected chi connectivity index (χ1v) is 8.43. The Hall–Kier alpha value is -2.86. The molecule has 0 saturated carbocycles. The van der Waals surface area contributed by atoms with Crippen molar-refractivity contribution in [2.24, 2.45) is 0 Å². The van der Waals surface area contributed by atoms with Gasteiger partial charge in [-0.3, -0.25) is 4.79 Å². The molecule has 0 atom stereocenters. The van der Waals surface area contributed by atoms with Crippen LogP contribution in [0.1, 0.15) is 23.2 Å². The van der Waals surface area contributed by atoms with Crippen LogP contribution in [0.15, 0.2) is 42.2 Å². The Bertz CT molecular complexity index is 809. The van der Waals surface area contributed by atoms with E-state index in [1.807, 2.05) is 24.4 Å². The Labute approximate surface area is 147 Å². The first-order chi connectivity index (χ1) is 12.2. The van der Waals surface area contributed by atoms with Crippen molar-refractivity contribution in [1.82, 2.24) is 10.6 Å². The molecule has 6 N–H and O–H groups in total. The summed E-state index contributed by atoms with van der Waals surface area (Å²) in [4.78, 5) is 11.3. The second-order valence-electron chi connectivity index (χ2n) is 6.15. The zero-order valence-corrected chi connectivity index (χ0v) is 14.0. The molecule has 1 heterocycles. The molecule has 0 unspecified atom stereocenters. The van der Waals surface area contributed by atoms with Gasteiger partial charge in [-0.1, -0.05) is 18.2 Å². The van der Waals surface area contributed by atoms with E-state index in [1.165, 1.54) is 6.21 Å². The van der Waals surface area contributed by atoms with Gasteiger partial charge in [-0.2, -0.15) is 0 Å². The van der Waals surface area contributed by atoms with Gasteiger partial charge in [0.25, 0.3) is 0 Å². The number of benzene rings is 2. The minimum Gasteiger partial charge on any atom is -0.398 e. The van der Waals surface area contributed by atoms with Crippen molar-refractivity contribution in [3.63, 3.8) is 0 Å². The van der Waals surface area contributed by atoms with Crippen molar-refractivity contribution >= 4 is 34.6 Å². The van der Waals surface area contributed by atoms with E-state index in [2.05, 4.69) is 16.0 Å². The molecule has 0 aromatic heterocycles. The fourth-order valence-corrected chi connectivity index (χ4v) is 3.14. The molecule has 0 radical (unpaired) electrons. The molecule has 0 bridgehead atoms. The highest BCUT2D eigenvalue weighted by Crippen LogP contribution is 2.31. The maximum atomic E-state index is 11.3. The second kappa shape index (κ2) is 7.81. The van der Waals surface area contributed by atoms with Crippen LogP contribution in [0.2, 0.25) is 0 Å². The SMILES string of the molecule is N=C/C(=C\NC1CCNCC1)Nc1ccc(N)c2c(C=O)cccc12. The lowest BCUT2D eigenvalue weighted by atomic mass is 10.0. The number of hydrogen-bond acceptors (Lipinski definition) is 6. The number of nitrogens with one attached hydrogen (secondary N) is 4. The van der Waals surface area contributed by atoms with Gasteiger partial charge in [-0.05, 0) is 38.1 Å². The van der Waals surface area contributed by atoms with Gasteiger partial charge in [0.2, 0.25) is 0 Å². The molecule has 1 fully saturated rings. The lowest BCUT2D eigenvalue weighted by molar-refractivity contribution is 0.112. The number of carbonyl (C=O) groups is 1. The summed E-state index contributed by atoms with van der Waals surface area (Å²) >= 11 is 0. The normalized spacial score (nSPS) is 15.8. The third-order valence-electron chi connectivity index (χ3n) is 4.48. The van der Waals surface area contributed by atoms with E-state index in [1.54, 1.807) is 12.1 Å². The molecule has 2 aromatic rings. The molecule has 0 spiro atoms. The molecule has 2 aromatic carbocycles. The number of aldehydes is 1. The Morgan fingerprint density at radius 1 is 1.24 bits per heavy atom. The molecule has 6 heteroatoms. The summed E-state index contributed by atoms with van der Waals surface area (Å²) in [5.74, 6) is 0. The van der Waals surface area contributed by atoms with Crippen molar-refractivity contribution in [2.45, 2.75) is 18.9 Å². The highest BCUT2D eigenvalue weighted by molar-refractivity contribution is 6.10. The fraction of sp³-hybridized carbons (Fsp3) is 0.263. The summed E-state index contributed by atoms with van der Waals surface area (Å²) in [6, 6.07) is 9.57. The quantitative estimate of drug-likeness (QED) is 0.316. The second-order valence-corrected chi connectivity index (χ2v) is 6.15. The van der Waals surface area contributed by atoms with Gasteiger partial charge in [-0.15, -0.1) is 0 Å². The average molecular weight is 337 g/mol. The maximum absolute atomic E-state index is 11.3. The number of allylic oxidation sites excluding steroid dienone is 1. The molecule has 1 saturated heterocycles. The predicted molar refractivity (Wildman–Crippen MR) is 103 cm³/mol. The number of rotatable bonds is 6. The molecule has 0 aliphatic carbocycles. The van der Waals surface area contributed by atoms with E-state index < -0.39 is 0 Å². The molecule has 130 valence electrons. The van der Waals surface area contributed by atoms with Gasteiger partial charge in [0.1, 0.15) is 0 Å². The fourth-order valence-electron chi connectivity index (χ4n) is 3.14. The van der Waals surface area contributed by atoms with Crippen molar-refractivity contribution < 1.29 is 4.79 Å². The van der Waals surface area contributed by atoms with Crippen LogP contribution in [0.25, 0.3) is 10.8 Å². The minimum atomic E-state index is 0.419. The van der Waals surface area contributed by atoms with Crippen LogP contribution < -0.4 is 21.7 Å². The van der Waals surface area contributed by atoms with E-state index in [-0.39, 0.29) is 0 Å². The van der Waals surface area contributed by atoms with E-state index in [0.29, 0.717) is 23.0 Å². The summed E-state index contributed by atoms with van der Waals surface area (Å²) in [6.07, 6.45) is 6.06. The predicted octanol–water partition coefficient (Wildman–Crippen LogP) is 2.48. The van der Waals surface area contributed by atoms with E-state index in [0.717, 1.165) is 48.7 Å². The van der Waals surface area contributed by atoms with Crippen LogP contribution in [0.5, 0.6) is 0 Å². The van der Waals surface area contributed by atoms with E-state index in [4.69, 9.17) is 11.1 Å². The Kier molecular flexibility index (Phi) is 5.30. The summed E-state index contributed by atoms with van der Waals surface area (Å²) in [7, 11) is 0. The van der Waals surface area contributed by atoms with Gasteiger partial charge in [0, 0.05) is 46.2 Å². The summed E-state index contributed by atoms with van der Waals surface area (Å²) < 4.78 is 0. The van der Waals surface area contributed by atoms with Crippen molar-refractivity contribution in [3.05, 3.63) is 47.8 Å². The highest BCUT2D eigenvalue weighted by Gasteiger charge is 2.12. The Morgan fingerprint density at radius 2 is 2.04 bits per heavy atom. The van der Waals surface area contributed by atoms with Crippen molar-refractivity contribution in [2.75, 3.05) is 24.1 Å². The molecule has 6 nitrogen and oxygen atoms in total. The zero-order chi connectivity index (χ0) is 17.6. The number of nitrogen functional groups attached to an aromatic ring is 1. The van der Waals surface area contributed by atoms with Crippen LogP contribution in [0, 0.1) is 5.41 Å². The van der Waals surface area contributed by atoms with E-state index >= 15 is 0 Å². The van der Waals surface area contributed by atoms with Crippen LogP contribution in [-0.4, -0.2) is 31.6 Å². The lowest BCUT2D eigenvalue weighted by Gasteiger charge is -2.23. The first-order valence-electron chi connectivity index (χ1n) is 8.43. The number of carbonyl (C=O) groups excluding carboxylic acids is 1. The zero-order valence-electron chi connectivity index (χ0n) is 14.0. The topological polar surface area (TPSA) is 103 Å². The summed E-state index contributed by atoms with van der Waals surface area (Å²) in [5.41, 5.74) is 8.65. The van der Waals surface area contributed by atoms with Crippen molar-refractivity contribution in [3.8, 4) is 0 Å².